The predicted octanol–water partition coefficient (Wildman–Crippen LogP) is 2.68. The van der Waals surface area contributed by atoms with E-state index in [0.717, 1.165) is 26.1 Å². The number of benzene rings is 1. The van der Waals surface area contributed by atoms with Crippen molar-refractivity contribution in [2.45, 2.75) is 13.3 Å². The van der Waals surface area contributed by atoms with E-state index in [9.17, 15) is 0 Å². The van der Waals surface area contributed by atoms with Crippen molar-refractivity contribution >= 4 is 11.5 Å². The second-order valence-corrected chi connectivity index (χ2v) is 4.61. The molecule has 0 unspecified atom stereocenters. The maximum atomic E-state index is 8.66. The third-order valence-corrected chi connectivity index (χ3v) is 3.19. The molecule has 0 fully saturated rings. The Morgan fingerprint density at radius 3 is 2.57 bits per heavy atom. The molecule has 5 heteroatoms. The summed E-state index contributed by atoms with van der Waals surface area (Å²) >= 11 is 0. The van der Waals surface area contributed by atoms with Gasteiger partial charge in [-0.15, -0.1) is 10.2 Å². The quantitative estimate of drug-likeness (QED) is 0.790. The lowest BCUT2D eigenvalue weighted by Gasteiger charge is -2.23. The molecular weight excluding hydrogens is 262 g/mol. The summed E-state index contributed by atoms with van der Waals surface area (Å²) in [7, 11) is 0. The number of aromatic nitrogens is 2. The summed E-state index contributed by atoms with van der Waals surface area (Å²) in [6, 6.07) is 15.8. The standard InChI is InChI=1S/C16H19N5/c1-2-21(15-7-4-3-5-8-15)12-6-11-18-16-10-9-14(13-17)19-20-16/h3-5,7-10H,2,6,11-12H2,1H3,(H,18,20). The maximum Gasteiger partial charge on any atom is 0.163 e. The fraction of sp³-hybridized carbons (Fsp3) is 0.312. The van der Waals surface area contributed by atoms with Gasteiger partial charge in [-0.1, -0.05) is 18.2 Å². The Bertz CT molecular complexity index is 574. The molecule has 0 radical (unpaired) electrons. The van der Waals surface area contributed by atoms with Crippen molar-refractivity contribution in [2.24, 2.45) is 0 Å². The second kappa shape index (κ2) is 7.85. The van der Waals surface area contributed by atoms with Crippen LogP contribution in [0.25, 0.3) is 0 Å². The van der Waals surface area contributed by atoms with Gasteiger partial charge in [0, 0.05) is 25.3 Å². The summed E-state index contributed by atoms with van der Waals surface area (Å²) in [5.41, 5.74) is 1.58. The molecule has 0 amide bonds. The lowest BCUT2D eigenvalue weighted by molar-refractivity contribution is 0.766. The van der Waals surface area contributed by atoms with Crippen molar-refractivity contribution in [3.05, 3.63) is 48.2 Å². The zero-order chi connectivity index (χ0) is 14.9. The Kier molecular flexibility index (Phi) is 5.53. The van der Waals surface area contributed by atoms with Gasteiger partial charge in [0.2, 0.25) is 0 Å². The lowest BCUT2D eigenvalue weighted by Crippen LogP contribution is -2.25. The molecule has 1 aromatic carbocycles. The Hall–Kier alpha value is -2.61. The molecule has 0 spiro atoms. The summed E-state index contributed by atoms with van der Waals surface area (Å²) in [6.07, 6.45) is 1.00. The Morgan fingerprint density at radius 2 is 1.95 bits per heavy atom. The third-order valence-electron chi connectivity index (χ3n) is 3.19. The number of para-hydroxylation sites is 1. The van der Waals surface area contributed by atoms with E-state index >= 15 is 0 Å². The van der Waals surface area contributed by atoms with Crippen molar-refractivity contribution in [2.75, 3.05) is 29.9 Å². The summed E-state index contributed by atoms with van der Waals surface area (Å²) < 4.78 is 0. The van der Waals surface area contributed by atoms with Gasteiger partial charge >= 0.3 is 0 Å². The largest absolute Gasteiger partial charge is 0.372 e. The van der Waals surface area contributed by atoms with Crippen LogP contribution in [0.1, 0.15) is 19.0 Å². The first kappa shape index (κ1) is 14.8. The van der Waals surface area contributed by atoms with Gasteiger partial charge in [-0.2, -0.15) is 5.26 Å². The third kappa shape index (κ3) is 4.46. The van der Waals surface area contributed by atoms with Crippen LogP contribution in [-0.4, -0.2) is 29.8 Å². The molecule has 0 atom stereocenters. The van der Waals surface area contributed by atoms with Gasteiger partial charge in [0.15, 0.2) is 5.69 Å². The summed E-state index contributed by atoms with van der Waals surface area (Å²) in [4.78, 5) is 2.34. The Balaban J connectivity index is 1.77. The molecule has 0 aliphatic carbocycles. The van der Waals surface area contributed by atoms with Crippen molar-refractivity contribution < 1.29 is 0 Å². The number of anilines is 2. The molecule has 0 saturated carbocycles. The zero-order valence-electron chi connectivity index (χ0n) is 12.2. The monoisotopic (exact) mass is 281 g/mol. The van der Waals surface area contributed by atoms with E-state index in [1.165, 1.54) is 5.69 Å². The number of nitrogens with zero attached hydrogens (tertiary/aromatic N) is 4. The highest BCUT2D eigenvalue weighted by molar-refractivity contribution is 5.45. The molecule has 2 rings (SSSR count). The van der Waals surface area contributed by atoms with E-state index in [1.54, 1.807) is 12.1 Å². The van der Waals surface area contributed by atoms with E-state index < -0.39 is 0 Å². The van der Waals surface area contributed by atoms with E-state index in [0.29, 0.717) is 11.5 Å². The molecule has 0 bridgehead atoms. The van der Waals surface area contributed by atoms with Crippen LogP contribution in [0.15, 0.2) is 42.5 Å². The highest BCUT2D eigenvalue weighted by Crippen LogP contribution is 2.13. The average Bonchev–Trinajstić information content (AvgIpc) is 2.56. The van der Waals surface area contributed by atoms with E-state index in [-0.39, 0.29) is 0 Å². The minimum atomic E-state index is 0.335. The number of hydrogen-bond acceptors (Lipinski definition) is 5. The highest BCUT2D eigenvalue weighted by Gasteiger charge is 2.03. The highest BCUT2D eigenvalue weighted by atomic mass is 15.2. The first-order chi connectivity index (χ1) is 10.3. The van der Waals surface area contributed by atoms with E-state index in [1.807, 2.05) is 12.1 Å². The van der Waals surface area contributed by atoms with Crippen molar-refractivity contribution in [3.8, 4) is 6.07 Å². The fourth-order valence-corrected chi connectivity index (χ4v) is 2.08. The van der Waals surface area contributed by atoms with Gasteiger partial charge in [-0.25, -0.2) is 0 Å². The molecule has 1 heterocycles. The second-order valence-electron chi connectivity index (χ2n) is 4.61. The van der Waals surface area contributed by atoms with Gasteiger partial charge in [0.1, 0.15) is 11.9 Å². The van der Waals surface area contributed by atoms with Gasteiger partial charge in [-0.05, 0) is 37.6 Å². The van der Waals surface area contributed by atoms with Crippen LogP contribution in [0, 0.1) is 11.3 Å². The predicted molar refractivity (Wildman–Crippen MR) is 84.2 cm³/mol. The molecule has 5 nitrogen and oxygen atoms in total. The minimum absolute atomic E-state index is 0.335. The van der Waals surface area contributed by atoms with Crippen molar-refractivity contribution in [1.82, 2.24) is 10.2 Å². The summed E-state index contributed by atoms with van der Waals surface area (Å²) in [5.74, 6) is 0.705. The minimum Gasteiger partial charge on any atom is -0.372 e. The number of hydrogen-bond donors (Lipinski definition) is 1. The molecule has 2 aromatic rings. The van der Waals surface area contributed by atoms with Crippen LogP contribution in [0.2, 0.25) is 0 Å². The first-order valence-corrected chi connectivity index (χ1v) is 7.11. The lowest BCUT2D eigenvalue weighted by atomic mass is 10.2. The van der Waals surface area contributed by atoms with E-state index in [2.05, 4.69) is 51.6 Å². The molecule has 108 valence electrons. The number of nitrogens with one attached hydrogen (secondary N) is 1. The molecule has 21 heavy (non-hydrogen) atoms. The van der Waals surface area contributed by atoms with Crippen LogP contribution in [0.4, 0.5) is 11.5 Å². The Morgan fingerprint density at radius 1 is 1.14 bits per heavy atom. The normalized spacial score (nSPS) is 9.90. The maximum absolute atomic E-state index is 8.66. The number of nitriles is 1. The molecule has 1 N–H and O–H groups in total. The first-order valence-electron chi connectivity index (χ1n) is 7.11. The molecule has 0 saturated heterocycles. The van der Waals surface area contributed by atoms with Crippen LogP contribution < -0.4 is 10.2 Å². The molecule has 0 aliphatic rings. The fourth-order valence-electron chi connectivity index (χ4n) is 2.08. The smallest absolute Gasteiger partial charge is 0.163 e. The topological polar surface area (TPSA) is 64.8 Å². The summed E-state index contributed by atoms with van der Waals surface area (Å²) in [6.45, 7) is 4.95. The van der Waals surface area contributed by atoms with Crippen LogP contribution in [0.5, 0.6) is 0 Å². The average molecular weight is 281 g/mol. The SMILES string of the molecule is CCN(CCCNc1ccc(C#N)nn1)c1ccccc1. The van der Waals surface area contributed by atoms with Crippen molar-refractivity contribution in [1.29, 1.82) is 5.26 Å². The molecule has 0 aliphatic heterocycles. The van der Waals surface area contributed by atoms with Crippen LogP contribution in [-0.2, 0) is 0 Å². The van der Waals surface area contributed by atoms with Gasteiger partial charge in [0.25, 0.3) is 0 Å². The molecular formula is C16H19N5. The summed E-state index contributed by atoms with van der Waals surface area (Å²) in [5, 5.41) is 19.6. The van der Waals surface area contributed by atoms with Crippen LogP contribution in [0.3, 0.4) is 0 Å². The number of rotatable bonds is 7. The van der Waals surface area contributed by atoms with Gasteiger partial charge in [0.05, 0.1) is 0 Å². The van der Waals surface area contributed by atoms with E-state index in [4.69, 9.17) is 5.26 Å². The van der Waals surface area contributed by atoms with Gasteiger partial charge in [-0.3, -0.25) is 0 Å². The van der Waals surface area contributed by atoms with Crippen molar-refractivity contribution in [3.63, 3.8) is 0 Å². The van der Waals surface area contributed by atoms with Gasteiger partial charge < -0.3 is 10.2 Å². The zero-order valence-corrected chi connectivity index (χ0v) is 12.2. The Labute approximate surface area is 125 Å². The molecule has 1 aromatic heterocycles. The van der Waals surface area contributed by atoms with Crippen LogP contribution >= 0.6 is 0 Å².